The molecule has 0 saturated heterocycles. The highest BCUT2D eigenvalue weighted by atomic mass is 16.4. The lowest BCUT2D eigenvalue weighted by Crippen LogP contribution is -2.12. The number of aromatic carboxylic acids is 1. The van der Waals surface area contributed by atoms with Crippen LogP contribution in [0.4, 0.5) is 17.2 Å². The third-order valence-electron chi connectivity index (χ3n) is 5.15. The zero-order valence-corrected chi connectivity index (χ0v) is 16.8. The molecule has 7 heteroatoms. The first-order valence-electron chi connectivity index (χ1n) is 9.92. The van der Waals surface area contributed by atoms with Gasteiger partial charge < -0.3 is 10.2 Å². The van der Waals surface area contributed by atoms with Crippen molar-refractivity contribution in [3.8, 4) is 16.9 Å². The molecule has 7 nitrogen and oxygen atoms in total. The van der Waals surface area contributed by atoms with Gasteiger partial charge in [-0.3, -0.25) is 4.90 Å². The molecule has 0 spiro atoms. The Kier molecular flexibility index (Phi) is 4.76. The summed E-state index contributed by atoms with van der Waals surface area (Å²) in [4.78, 5) is 18.1. The predicted octanol–water partition coefficient (Wildman–Crippen LogP) is 5.27. The van der Waals surface area contributed by atoms with E-state index in [0.717, 1.165) is 22.5 Å². The van der Waals surface area contributed by atoms with Gasteiger partial charge in [0.05, 0.1) is 11.8 Å². The number of hydrogen-bond acceptors (Lipinski definition) is 5. The van der Waals surface area contributed by atoms with Crippen LogP contribution in [0.15, 0.2) is 97.3 Å². The van der Waals surface area contributed by atoms with Gasteiger partial charge in [-0.05, 0) is 60.2 Å². The van der Waals surface area contributed by atoms with Gasteiger partial charge in [0, 0.05) is 23.1 Å². The Labute approximate surface area is 183 Å². The van der Waals surface area contributed by atoms with Crippen LogP contribution in [0.5, 0.6) is 5.75 Å². The molecule has 0 atom stereocenters. The smallest absolute Gasteiger partial charge is 0.335 e. The van der Waals surface area contributed by atoms with Gasteiger partial charge in [-0.1, -0.05) is 30.3 Å². The summed E-state index contributed by atoms with van der Waals surface area (Å²) < 4.78 is 1.68. The normalized spacial score (nSPS) is 10.9. The SMILES string of the molecule is O=C(O)c1ccc(-c2cnn3ccc(N(c4ccccc4)c4ccc(O)cc4)nc23)cc1. The molecule has 0 saturated carbocycles. The third kappa shape index (κ3) is 3.52. The standard InChI is InChI=1S/C25H18N4O3/c30-21-12-10-20(11-13-21)29(19-4-2-1-3-5-19)23-14-15-28-24(27-23)22(16-26-28)17-6-8-18(9-7-17)25(31)32/h1-16,30H,(H,31,32). The molecule has 0 aliphatic heterocycles. The van der Waals surface area contributed by atoms with Crippen LogP contribution in [0.1, 0.15) is 10.4 Å². The molecule has 32 heavy (non-hydrogen) atoms. The zero-order chi connectivity index (χ0) is 22.1. The topological polar surface area (TPSA) is 91.0 Å². The van der Waals surface area contributed by atoms with Crippen molar-refractivity contribution < 1.29 is 15.0 Å². The molecule has 0 unspecified atom stereocenters. The summed E-state index contributed by atoms with van der Waals surface area (Å²) in [6.07, 6.45) is 3.55. The van der Waals surface area contributed by atoms with Crippen molar-refractivity contribution in [2.75, 3.05) is 4.90 Å². The fourth-order valence-corrected chi connectivity index (χ4v) is 3.57. The fraction of sp³-hybridized carbons (Fsp3) is 0. The van der Waals surface area contributed by atoms with Crippen LogP contribution in [-0.4, -0.2) is 30.8 Å². The number of rotatable bonds is 5. The van der Waals surface area contributed by atoms with E-state index in [4.69, 9.17) is 10.1 Å². The van der Waals surface area contributed by atoms with Crippen molar-refractivity contribution in [2.24, 2.45) is 0 Å². The zero-order valence-electron chi connectivity index (χ0n) is 16.8. The third-order valence-corrected chi connectivity index (χ3v) is 5.15. The molecule has 2 heterocycles. The number of aromatic hydroxyl groups is 1. The Hall–Kier alpha value is -4.65. The van der Waals surface area contributed by atoms with E-state index in [2.05, 4.69) is 5.10 Å². The second-order valence-electron chi connectivity index (χ2n) is 7.18. The summed E-state index contributed by atoms with van der Waals surface area (Å²) in [6.45, 7) is 0. The Morgan fingerprint density at radius 3 is 2.22 bits per heavy atom. The molecule has 0 bridgehead atoms. The van der Waals surface area contributed by atoms with Crippen LogP contribution >= 0.6 is 0 Å². The lowest BCUT2D eigenvalue weighted by molar-refractivity contribution is 0.0697. The Balaban J connectivity index is 1.64. The Morgan fingerprint density at radius 1 is 0.844 bits per heavy atom. The molecule has 0 radical (unpaired) electrons. The number of para-hydroxylation sites is 1. The van der Waals surface area contributed by atoms with E-state index in [1.807, 2.05) is 59.6 Å². The second-order valence-corrected chi connectivity index (χ2v) is 7.18. The average molecular weight is 422 g/mol. The number of carboxylic acid groups (broad SMARTS) is 1. The molecule has 2 N–H and O–H groups in total. The van der Waals surface area contributed by atoms with Gasteiger partial charge in [-0.2, -0.15) is 5.10 Å². The van der Waals surface area contributed by atoms with E-state index in [1.54, 1.807) is 47.1 Å². The maximum absolute atomic E-state index is 11.2. The van der Waals surface area contributed by atoms with Crippen LogP contribution in [0.2, 0.25) is 0 Å². The first-order chi connectivity index (χ1) is 15.6. The largest absolute Gasteiger partial charge is 0.508 e. The van der Waals surface area contributed by atoms with Gasteiger partial charge in [0.1, 0.15) is 11.6 Å². The first kappa shape index (κ1) is 19.3. The van der Waals surface area contributed by atoms with Gasteiger partial charge in [0.2, 0.25) is 0 Å². The number of benzene rings is 3. The first-order valence-corrected chi connectivity index (χ1v) is 9.92. The molecule has 0 aliphatic carbocycles. The number of phenolic OH excluding ortho intramolecular Hbond substituents is 1. The van der Waals surface area contributed by atoms with E-state index in [0.29, 0.717) is 11.5 Å². The van der Waals surface area contributed by atoms with Crippen LogP contribution in [0.3, 0.4) is 0 Å². The average Bonchev–Trinajstić information content (AvgIpc) is 3.25. The molecule has 0 fully saturated rings. The molecular formula is C25H18N4O3. The monoisotopic (exact) mass is 422 g/mol. The highest BCUT2D eigenvalue weighted by Gasteiger charge is 2.16. The summed E-state index contributed by atoms with van der Waals surface area (Å²) in [6, 6.07) is 25.3. The minimum Gasteiger partial charge on any atom is -0.508 e. The van der Waals surface area contributed by atoms with Crippen molar-refractivity contribution in [3.05, 3.63) is 103 Å². The van der Waals surface area contributed by atoms with Crippen molar-refractivity contribution in [3.63, 3.8) is 0 Å². The van der Waals surface area contributed by atoms with E-state index < -0.39 is 5.97 Å². The summed E-state index contributed by atoms with van der Waals surface area (Å²) >= 11 is 0. The molecule has 3 aromatic carbocycles. The van der Waals surface area contributed by atoms with Crippen molar-refractivity contribution in [2.45, 2.75) is 0 Å². The van der Waals surface area contributed by atoms with Crippen LogP contribution in [0.25, 0.3) is 16.8 Å². The Bertz CT molecular complexity index is 1400. The summed E-state index contributed by atoms with van der Waals surface area (Å²) in [5.41, 5.74) is 4.25. The fourth-order valence-electron chi connectivity index (χ4n) is 3.57. The van der Waals surface area contributed by atoms with Gasteiger partial charge in [-0.15, -0.1) is 0 Å². The summed E-state index contributed by atoms with van der Waals surface area (Å²) in [5.74, 6) is -0.101. The number of hydrogen-bond donors (Lipinski definition) is 2. The molecule has 2 aromatic heterocycles. The molecule has 0 aliphatic rings. The highest BCUT2D eigenvalue weighted by molar-refractivity contribution is 5.89. The number of aromatic nitrogens is 3. The van der Waals surface area contributed by atoms with E-state index >= 15 is 0 Å². The number of carboxylic acids is 1. The minimum atomic E-state index is -0.968. The molecule has 156 valence electrons. The second kappa shape index (κ2) is 7.88. The van der Waals surface area contributed by atoms with Crippen LogP contribution in [0, 0.1) is 0 Å². The maximum Gasteiger partial charge on any atom is 0.335 e. The van der Waals surface area contributed by atoms with Crippen molar-refractivity contribution >= 4 is 28.8 Å². The lowest BCUT2D eigenvalue weighted by atomic mass is 10.1. The number of carbonyl (C=O) groups is 1. The summed E-state index contributed by atoms with van der Waals surface area (Å²) in [5, 5.41) is 23.3. The van der Waals surface area contributed by atoms with Gasteiger partial charge in [0.15, 0.2) is 5.65 Å². The molecule has 5 rings (SSSR count). The number of fused-ring (bicyclic) bond motifs is 1. The minimum absolute atomic E-state index is 0.188. The predicted molar refractivity (Wildman–Crippen MR) is 122 cm³/mol. The summed E-state index contributed by atoms with van der Waals surface area (Å²) in [7, 11) is 0. The van der Waals surface area contributed by atoms with Crippen molar-refractivity contribution in [1.82, 2.24) is 14.6 Å². The van der Waals surface area contributed by atoms with Gasteiger partial charge >= 0.3 is 5.97 Å². The van der Waals surface area contributed by atoms with Crippen molar-refractivity contribution in [1.29, 1.82) is 0 Å². The number of anilines is 3. The van der Waals surface area contributed by atoms with E-state index in [1.165, 1.54) is 0 Å². The Morgan fingerprint density at radius 2 is 1.53 bits per heavy atom. The lowest BCUT2D eigenvalue weighted by Gasteiger charge is -2.24. The molecule has 5 aromatic rings. The highest BCUT2D eigenvalue weighted by Crippen LogP contribution is 2.35. The van der Waals surface area contributed by atoms with Gasteiger partial charge in [-0.25, -0.2) is 14.3 Å². The number of phenols is 1. The van der Waals surface area contributed by atoms with Crippen LogP contribution < -0.4 is 4.90 Å². The van der Waals surface area contributed by atoms with E-state index in [9.17, 15) is 9.90 Å². The maximum atomic E-state index is 11.2. The van der Waals surface area contributed by atoms with Crippen LogP contribution in [-0.2, 0) is 0 Å². The molecule has 0 amide bonds. The molecular weight excluding hydrogens is 404 g/mol. The number of nitrogens with zero attached hydrogens (tertiary/aromatic N) is 4. The van der Waals surface area contributed by atoms with E-state index in [-0.39, 0.29) is 11.3 Å². The van der Waals surface area contributed by atoms with Gasteiger partial charge in [0.25, 0.3) is 0 Å². The quantitative estimate of drug-likeness (QED) is 0.401.